The Kier molecular flexibility index (Phi) is 12.5. The molecule has 0 heterocycles. The van der Waals surface area contributed by atoms with E-state index in [9.17, 15) is 18.1 Å². The fraction of sp³-hybridized carbons (Fsp3) is 1.00. The third-order valence-corrected chi connectivity index (χ3v) is 13.6. The second-order valence-electron chi connectivity index (χ2n) is 15.9. The van der Waals surface area contributed by atoms with Gasteiger partial charge >= 0.3 is 10.4 Å². The summed E-state index contributed by atoms with van der Waals surface area (Å²) in [5.74, 6) is 3.21. The molecule has 0 radical (unpaired) electrons. The number of aliphatic hydroxyl groups is 1. The van der Waals surface area contributed by atoms with Gasteiger partial charge in [0.2, 0.25) is 0 Å². The van der Waals surface area contributed by atoms with Gasteiger partial charge in [-0.05, 0) is 162 Å². The number of nitrogens with two attached hydrogens (primary N) is 1. The van der Waals surface area contributed by atoms with Crippen LogP contribution in [-0.4, -0.2) is 62.5 Å². The fourth-order valence-corrected chi connectivity index (χ4v) is 11.3. The molecule has 6 N–H and O–H groups in total. The van der Waals surface area contributed by atoms with Crippen molar-refractivity contribution in [3.05, 3.63) is 0 Å². The van der Waals surface area contributed by atoms with Gasteiger partial charge in [0.15, 0.2) is 0 Å². The summed E-state index contributed by atoms with van der Waals surface area (Å²) in [6.45, 7) is 15.3. The lowest BCUT2D eigenvalue weighted by Crippen LogP contribution is -2.59. The van der Waals surface area contributed by atoms with Gasteiger partial charge in [0.05, 0.1) is 12.2 Å². The molecule has 0 aromatic rings. The fourth-order valence-electron chi connectivity index (χ4n) is 10.7. The summed E-state index contributed by atoms with van der Waals surface area (Å²) in [6.07, 6.45) is 13.7. The molecule has 4 rings (SSSR count). The van der Waals surface area contributed by atoms with E-state index >= 15 is 0 Å². The lowest BCUT2D eigenvalue weighted by atomic mass is 9.43. The molecule has 0 aromatic heterocycles. The molecule has 0 unspecified atom stereocenters. The maximum Gasteiger partial charge on any atom is 0.397 e. The molecule has 9 heteroatoms. The molecule has 0 aliphatic heterocycles. The molecule has 8 nitrogen and oxygen atoms in total. The van der Waals surface area contributed by atoms with E-state index in [1.165, 1.54) is 44.9 Å². The summed E-state index contributed by atoms with van der Waals surface area (Å²) in [6, 6.07) is 0.573. The number of aliphatic hydroxyl groups excluding tert-OH is 1. The smallest absolute Gasteiger partial charge is 0.393 e. The molecule has 11 atom stereocenters. The van der Waals surface area contributed by atoms with E-state index in [0.717, 1.165) is 58.3 Å². The zero-order valence-corrected chi connectivity index (χ0v) is 28.7. The third kappa shape index (κ3) is 8.36. The van der Waals surface area contributed by atoms with Crippen LogP contribution in [0.2, 0.25) is 0 Å². The quantitative estimate of drug-likeness (QED) is 0.111. The van der Waals surface area contributed by atoms with Crippen molar-refractivity contribution in [2.24, 2.45) is 58.0 Å². The maximum atomic E-state index is 11.8. The molecule has 252 valence electrons. The minimum atomic E-state index is -4.45. The summed E-state index contributed by atoms with van der Waals surface area (Å²) in [7, 11) is -4.45. The van der Waals surface area contributed by atoms with Gasteiger partial charge in [-0.3, -0.25) is 4.55 Å². The van der Waals surface area contributed by atoms with Gasteiger partial charge in [0, 0.05) is 6.04 Å². The van der Waals surface area contributed by atoms with Crippen molar-refractivity contribution in [1.82, 2.24) is 10.6 Å². The minimum Gasteiger partial charge on any atom is -0.393 e. The van der Waals surface area contributed by atoms with Crippen LogP contribution in [-0.2, 0) is 14.6 Å². The Labute approximate surface area is 263 Å². The largest absolute Gasteiger partial charge is 0.397 e. The molecule has 0 saturated heterocycles. The van der Waals surface area contributed by atoms with Gasteiger partial charge in [-0.25, -0.2) is 4.18 Å². The highest BCUT2D eigenvalue weighted by molar-refractivity contribution is 7.80. The van der Waals surface area contributed by atoms with E-state index in [4.69, 9.17) is 9.92 Å². The van der Waals surface area contributed by atoms with E-state index in [2.05, 4.69) is 31.4 Å². The van der Waals surface area contributed by atoms with Crippen LogP contribution in [0.25, 0.3) is 0 Å². The van der Waals surface area contributed by atoms with E-state index in [-0.39, 0.29) is 17.4 Å². The average Bonchev–Trinajstić information content (AvgIpc) is 3.29. The Bertz CT molecular complexity index is 981. The van der Waals surface area contributed by atoms with Crippen molar-refractivity contribution in [2.45, 2.75) is 136 Å². The number of unbranched alkanes of at least 4 members (excludes halogenated alkanes) is 1. The van der Waals surface area contributed by atoms with E-state index < -0.39 is 16.5 Å². The van der Waals surface area contributed by atoms with Gasteiger partial charge in [-0.1, -0.05) is 34.6 Å². The molecule has 0 aromatic carbocycles. The summed E-state index contributed by atoms with van der Waals surface area (Å²) in [5.41, 5.74) is 6.13. The minimum absolute atomic E-state index is 0.0152. The summed E-state index contributed by atoms with van der Waals surface area (Å²) in [5, 5.41) is 19.2. The standard InChI is InChI=1S/C34H65N3O5S/c1-23(2)31(42-43(39,40)41)12-9-24(3)27-10-11-28-32-29(14-16-34(27,28)5)33(4)15-13-26(21-25(33)22-30(32)38)37-20-8-19-36-18-7-6-17-35/h23-32,36-38H,6-22,35H2,1-5H3,(H,39,40,41)/t24-,25-,26-,27-,28+,29+,30-,31-,32+,33+,34-/m1/s1. The zero-order valence-electron chi connectivity index (χ0n) is 27.9. The first-order valence-electron chi connectivity index (χ1n) is 17.8. The Morgan fingerprint density at radius 1 is 0.907 bits per heavy atom. The normalized spacial score (nSPS) is 39.2. The van der Waals surface area contributed by atoms with Crippen LogP contribution in [0.3, 0.4) is 0 Å². The van der Waals surface area contributed by atoms with Gasteiger partial charge in [0.25, 0.3) is 0 Å². The topological polar surface area (TPSA) is 134 Å². The molecule has 4 aliphatic carbocycles. The lowest BCUT2D eigenvalue weighted by molar-refractivity contribution is -0.167. The second kappa shape index (κ2) is 15.1. The number of rotatable bonds is 16. The van der Waals surface area contributed by atoms with Crippen LogP contribution in [0, 0.1) is 52.3 Å². The summed E-state index contributed by atoms with van der Waals surface area (Å²) < 4.78 is 37.1. The third-order valence-electron chi connectivity index (χ3n) is 13.1. The van der Waals surface area contributed by atoms with Crippen LogP contribution in [0.4, 0.5) is 0 Å². The molecular weight excluding hydrogens is 562 g/mol. The van der Waals surface area contributed by atoms with Gasteiger partial charge in [0.1, 0.15) is 0 Å². The first kappa shape index (κ1) is 35.6. The van der Waals surface area contributed by atoms with Crippen molar-refractivity contribution in [1.29, 1.82) is 0 Å². The van der Waals surface area contributed by atoms with Crippen LogP contribution < -0.4 is 16.4 Å². The van der Waals surface area contributed by atoms with E-state index in [0.29, 0.717) is 53.4 Å². The van der Waals surface area contributed by atoms with Gasteiger partial charge in [-0.15, -0.1) is 0 Å². The van der Waals surface area contributed by atoms with Crippen LogP contribution >= 0.6 is 0 Å². The maximum absolute atomic E-state index is 11.8. The Morgan fingerprint density at radius 2 is 1.60 bits per heavy atom. The molecule has 43 heavy (non-hydrogen) atoms. The number of hydrogen-bond acceptors (Lipinski definition) is 7. The van der Waals surface area contributed by atoms with Crippen LogP contribution in [0.15, 0.2) is 0 Å². The lowest BCUT2D eigenvalue weighted by Gasteiger charge is -2.62. The Hall–Kier alpha value is -0.290. The molecule has 4 saturated carbocycles. The van der Waals surface area contributed by atoms with E-state index in [1.54, 1.807) is 0 Å². The van der Waals surface area contributed by atoms with Crippen molar-refractivity contribution in [3.63, 3.8) is 0 Å². The average molecular weight is 628 g/mol. The highest BCUT2D eigenvalue weighted by Gasteiger charge is 2.62. The van der Waals surface area contributed by atoms with Crippen LogP contribution in [0.1, 0.15) is 118 Å². The molecule has 0 amide bonds. The zero-order chi connectivity index (χ0) is 31.4. The Balaban J connectivity index is 1.32. The Morgan fingerprint density at radius 3 is 2.30 bits per heavy atom. The van der Waals surface area contributed by atoms with E-state index in [1.807, 2.05) is 13.8 Å². The number of hydrogen-bond donors (Lipinski definition) is 5. The number of nitrogens with one attached hydrogen (secondary N) is 2. The molecule has 4 fully saturated rings. The molecule has 0 bridgehead atoms. The predicted molar refractivity (Wildman–Crippen MR) is 174 cm³/mol. The summed E-state index contributed by atoms with van der Waals surface area (Å²) >= 11 is 0. The highest BCUT2D eigenvalue weighted by Crippen LogP contribution is 2.68. The number of fused-ring (bicyclic) bond motifs is 5. The van der Waals surface area contributed by atoms with Crippen molar-refractivity contribution < 1.29 is 22.3 Å². The molecule has 0 spiro atoms. The van der Waals surface area contributed by atoms with Gasteiger partial charge in [-0.2, -0.15) is 8.42 Å². The highest BCUT2D eigenvalue weighted by atomic mass is 32.3. The van der Waals surface area contributed by atoms with Crippen molar-refractivity contribution >= 4 is 10.4 Å². The van der Waals surface area contributed by atoms with Gasteiger partial charge < -0.3 is 21.5 Å². The second-order valence-corrected chi connectivity index (χ2v) is 17.0. The monoisotopic (exact) mass is 627 g/mol. The SMILES string of the molecule is CC(C)[C@@H](CC[C@@H](C)[C@H]1CC[C@H]2[C@@H]3[C@H](O)C[C@H]4C[C@H](NCCCNCCCCN)CC[C@]4(C)[C@H]3CC[C@]12C)OS(=O)(=O)O. The summed E-state index contributed by atoms with van der Waals surface area (Å²) in [4.78, 5) is 0. The van der Waals surface area contributed by atoms with Crippen molar-refractivity contribution in [3.8, 4) is 0 Å². The predicted octanol–water partition coefficient (Wildman–Crippen LogP) is 5.55. The molecule has 4 aliphatic rings. The van der Waals surface area contributed by atoms with Crippen molar-refractivity contribution in [2.75, 3.05) is 26.2 Å². The molecular formula is C34H65N3O5S. The first-order valence-corrected chi connectivity index (χ1v) is 19.1. The van der Waals surface area contributed by atoms with Crippen LogP contribution in [0.5, 0.6) is 0 Å². The first-order chi connectivity index (χ1) is 20.3.